The third-order valence-corrected chi connectivity index (χ3v) is 8.04. The standard InChI is InChI=1S/C25H17ClF3IN7O2P/c1-13-4-6-15(35-24(38)14-5-7-17(26)19(9-14)39-25(27,28)29)10-18(13)36-22-16(3-2-8-31-22)20-21-23(33-11-32-20)37(40-30)12-34-21/h2-12,40H,1H3,(H,31,36)(H,35,38). The number of nitrogens with one attached hydrogen (secondary N) is 2. The third kappa shape index (κ3) is 6.11. The lowest BCUT2D eigenvalue weighted by Crippen LogP contribution is -2.18. The number of amides is 1. The molecule has 40 heavy (non-hydrogen) atoms. The number of anilines is 3. The molecule has 1 atom stereocenters. The molecule has 5 rings (SSSR count). The molecule has 0 saturated heterocycles. The van der Waals surface area contributed by atoms with Crippen molar-refractivity contribution in [3.05, 3.63) is 83.5 Å². The molecule has 2 N–H and O–H groups in total. The molecule has 0 aliphatic rings. The summed E-state index contributed by atoms with van der Waals surface area (Å²) in [6.07, 6.45) is 0.301. The number of ether oxygens (including phenoxy) is 1. The first-order valence-corrected chi connectivity index (χ1v) is 15.8. The van der Waals surface area contributed by atoms with Crippen molar-refractivity contribution in [1.29, 1.82) is 0 Å². The van der Waals surface area contributed by atoms with Crippen molar-refractivity contribution >= 4 is 74.3 Å². The highest BCUT2D eigenvalue weighted by Crippen LogP contribution is 2.35. The maximum atomic E-state index is 12.8. The van der Waals surface area contributed by atoms with Crippen LogP contribution in [0.25, 0.3) is 22.4 Å². The van der Waals surface area contributed by atoms with Crippen LogP contribution in [-0.2, 0) is 0 Å². The maximum absolute atomic E-state index is 12.8. The lowest BCUT2D eigenvalue weighted by Gasteiger charge is -2.15. The average molecular weight is 698 g/mol. The summed E-state index contributed by atoms with van der Waals surface area (Å²) < 4.78 is 43.9. The monoisotopic (exact) mass is 697 g/mol. The minimum atomic E-state index is -4.95. The zero-order chi connectivity index (χ0) is 28.4. The van der Waals surface area contributed by atoms with Gasteiger partial charge in [0.25, 0.3) is 5.91 Å². The number of fused-ring (bicyclic) bond motifs is 1. The number of carbonyl (C=O) groups is 1. The van der Waals surface area contributed by atoms with E-state index in [2.05, 4.69) is 57.3 Å². The molecule has 9 nitrogen and oxygen atoms in total. The van der Waals surface area contributed by atoms with Crippen LogP contribution < -0.4 is 15.4 Å². The van der Waals surface area contributed by atoms with Gasteiger partial charge in [0.15, 0.2) is 5.65 Å². The van der Waals surface area contributed by atoms with E-state index in [0.29, 0.717) is 46.0 Å². The number of nitrogens with zero attached hydrogens (tertiary/aromatic N) is 5. The maximum Gasteiger partial charge on any atom is 0.573 e. The Morgan fingerprint density at radius 1 is 1.10 bits per heavy atom. The molecular formula is C25H17ClF3IN7O2P. The van der Waals surface area contributed by atoms with Crippen LogP contribution in [-0.4, -0.2) is 36.5 Å². The Kier molecular flexibility index (Phi) is 8.06. The van der Waals surface area contributed by atoms with Crippen LogP contribution in [0.4, 0.5) is 30.4 Å². The van der Waals surface area contributed by atoms with E-state index in [1.807, 2.05) is 17.3 Å². The highest BCUT2D eigenvalue weighted by atomic mass is 127. The number of imidazole rings is 1. The highest BCUT2D eigenvalue weighted by Gasteiger charge is 2.32. The first-order valence-electron chi connectivity index (χ1n) is 11.4. The van der Waals surface area contributed by atoms with Crippen molar-refractivity contribution in [2.45, 2.75) is 13.3 Å². The molecule has 0 aliphatic heterocycles. The van der Waals surface area contributed by atoms with E-state index >= 15 is 0 Å². The minimum Gasteiger partial charge on any atom is -0.404 e. The van der Waals surface area contributed by atoms with Crippen LogP contribution >= 0.6 is 40.0 Å². The summed E-state index contributed by atoms with van der Waals surface area (Å²) in [5.74, 6) is -0.808. The van der Waals surface area contributed by atoms with Gasteiger partial charge in [-0.25, -0.2) is 19.9 Å². The van der Waals surface area contributed by atoms with E-state index in [4.69, 9.17) is 11.6 Å². The number of rotatable bonds is 7. The number of aryl methyl sites for hydroxylation is 1. The predicted molar refractivity (Wildman–Crippen MR) is 157 cm³/mol. The zero-order valence-corrected chi connectivity index (χ0v) is 24.2. The molecule has 0 spiro atoms. The topological polar surface area (TPSA) is 107 Å². The summed E-state index contributed by atoms with van der Waals surface area (Å²) in [6.45, 7) is 1.88. The van der Waals surface area contributed by atoms with Gasteiger partial charge in [-0.2, -0.15) is 0 Å². The van der Waals surface area contributed by atoms with Gasteiger partial charge in [-0.15, -0.1) is 13.2 Å². The molecule has 0 saturated carbocycles. The number of hydrogen-bond acceptors (Lipinski definition) is 7. The Balaban J connectivity index is 1.42. The van der Waals surface area contributed by atoms with Crippen LogP contribution in [0.3, 0.4) is 0 Å². The van der Waals surface area contributed by atoms with Crippen LogP contribution in [0.1, 0.15) is 15.9 Å². The van der Waals surface area contributed by atoms with Crippen molar-refractivity contribution < 1.29 is 22.7 Å². The summed E-state index contributed by atoms with van der Waals surface area (Å²) in [5.41, 5.74) is 4.47. The van der Waals surface area contributed by atoms with Crippen molar-refractivity contribution in [2.75, 3.05) is 10.6 Å². The fraction of sp³-hybridized carbons (Fsp3) is 0.0800. The first kappa shape index (κ1) is 28.0. The molecule has 5 aromatic rings. The van der Waals surface area contributed by atoms with Gasteiger partial charge < -0.3 is 15.4 Å². The Labute approximate surface area is 244 Å². The number of aromatic nitrogens is 5. The van der Waals surface area contributed by atoms with Gasteiger partial charge in [0.05, 0.1) is 11.4 Å². The summed E-state index contributed by atoms with van der Waals surface area (Å²) in [7, 11) is 0. The van der Waals surface area contributed by atoms with Crippen molar-refractivity contribution in [3.8, 4) is 17.0 Å². The van der Waals surface area contributed by atoms with Gasteiger partial charge in [-0.05, 0) is 77.0 Å². The van der Waals surface area contributed by atoms with Gasteiger partial charge in [-0.1, -0.05) is 17.7 Å². The molecule has 0 fully saturated rings. The van der Waals surface area contributed by atoms with E-state index in [9.17, 15) is 18.0 Å². The number of halogens is 5. The molecule has 15 heteroatoms. The van der Waals surface area contributed by atoms with Crippen LogP contribution in [0.5, 0.6) is 5.75 Å². The predicted octanol–water partition coefficient (Wildman–Crippen LogP) is 7.54. The molecule has 0 aliphatic carbocycles. The van der Waals surface area contributed by atoms with Gasteiger partial charge in [0, 0.05) is 28.7 Å². The molecule has 3 heterocycles. The van der Waals surface area contributed by atoms with Crippen molar-refractivity contribution in [3.63, 3.8) is 0 Å². The molecule has 1 unspecified atom stereocenters. The van der Waals surface area contributed by atoms with Crippen LogP contribution in [0, 0.1) is 6.92 Å². The molecule has 0 bridgehead atoms. The fourth-order valence-electron chi connectivity index (χ4n) is 3.80. The number of carbonyl (C=O) groups excluding carboxylic acids is 1. The van der Waals surface area contributed by atoms with Gasteiger partial charge >= 0.3 is 6.36 Å². The molecule has 0 radical (unpaired) electrons. The van der Waals surface area contributed by atoms with Crippen molar-refractivity contribution in [1.82, 2.24) is 24.3 Å². The second kappa shape index (κ2) is 11.5. The molecule has 2 aromatic carbocycles. The number of pyridine rings is 1. The Bertz CT molecular complexity index is 1740. The SMILES string of the molecule is Cc1ccc(NC(=O)c2ccc(Cl)c(OC(F)(F)F)c2)cc1Nc1ncccc1-c1ncnc2c1ncn2PI. The minimum absolute atomic E-state index is 0.0647. The molecule has 204 valence electrons. The Hall–Kier alpha value is -3.55. The largest absolute Gasteiger partial charge is 0.573 e. The number of alkyl halides is 3. The smallest absolute Gasteiger partial charge is 0.404 e. The van der Waals surface area contributed by atoms with Gasteiger partial charge in [0.1, 0.15) is 35.4 Å². The Morgan fingerprint density at radius 2 is 1.93 bits per heavy atom. The van der Waals surface area contributed by atoms with E-state index in [0.717, 1.165) is 17.7 Å². The lowest BCUT2D eigenvalue weighted by atomic mass is 10.1. The summed E-state index contributed by atoms with van der Waals surface area (Å²) >= 11 is 8.05. The molecular weight excluding hydrogens is 681 g/mol. The number of hydrogen-bond donors (Lipinski definition) is 2. The third-order valence-electron chi connectivity index (χ3n) is 5.65. The van der Waals surface area contributed by atoms with Crippen LogP contribution in [0.2, 0.25) is 5.02 Å². The lowest BCUT2D eigenvalue weighted by molar-refractivity contribution is -0.274. The van der Waals surface area contributed by atoms with Gasteiger partial charge in [0.2, 0.25) is 0 Å². The fourth-order valence-corrected chi connectivity index (χ4v) is 5.36. The van der Waals surface area contributed by atoms with Crippen molar-refractivity contribution in [2.24, 2.45) is 0 Å². The summed E-state index contributed by atoms with van der Waals surface area (Å²) in [4.78, 5) is 30.7. The Morgan fingerprint density at radius 3 is 2.70 bits per heavy atom. The highest BCUT2D eigenvalue weighted by molar-refractivity contribution is 14.2. The van der Waals surface area contributed by atoms with E-state index in [-0.39, 0.29) is 10.6 Å². The van der Waals surface area contributed by atoms with Gasteiger partial charge in [-0.3, -0.25) is 9.13 Å². The second-order valence-electron chi connectivity index (χ2n) is 8.29. The van der Waals surface area contributed by atoms with E-state index < -0.39 is 18.0 Å². The average Bonchev–Trinajstić information content (AvgIpc) is 3.35. The second-order valence-corrected chi connectivity index (χ2v) is 10.8. The first-order chi connectivity index (χ1) is 19.1. The molecule has 1 amide bonds. The van der Waals surface area contributed by atoms with Crippen LogP contribution in [0.15, 0.2) is 67.4 Å². The molecule has 3 aromatic heterocycles. The summed E-state index contributed by atoms with van der Waals surface area (Å²) in [5, 5.41) is 5.72. The van der Waals surface area contributed by atoms with E-state index in [1.54, 1.807) is 36.8 Å². The normalized spacial score (nSPS) is 11.8. The quantitative estimate of drug-likeness (QED) is 0.134. The number of benzene rings is 2. The zero-order valence-electron chi connectivity index (χ0n) is 20.3. The van der Waals surface area contributed by atoms with E-state index in [1.165, 1.54) is 12.4 Å². The summed E-state index contributed by atoms with van der Waals surface area (Å²) in [6, 6.07) is 12.2.